The maximum absolute atomic E-state index is 13.0. The lowest BCUT2D eigenvalue weighted by Gasteiger charge is -2.00. The first kappa shape index (κ1) is 8.26. The highest BCUT2D eigenvalue weighted by Gasteiger charge is 2.02. The molecule has 0 saturated carbocycles. The van der Waals surface area contributed by atoms with Crippen LogP contribution in [0.5, 0.6) is 0 Å². The lowest BCUT2D eigenvalue weighted by Crippen LogP contribution is -1.94. The second-order valence-corrected chi connectivity index (χ2v) is 2.87. The van der Waals surface area contributed by atoms with Crippen molar-refractivity contribution in [1.82, 2.24) is 9.78 Å². The smallest absolute Gasteiger partial charge is 0.143 e. The Bertz CT molecular complexity index is 412. The van der Waals surface area contributed by atoms with E-state index in [0.717, 1.165) is 0 Å². The van der Waals surface area contributed by atoms with Crippen molar-refractivity contribution in [2.24, 2.45) is 0 Å². The van der Waals surface area contributed by atoms with E-state index in [1.165, 1.54) is 16.8 Å². The molecule has 0 atom stereocenters. The van der Waals surface area contributed by atoms with Gasteiger partial charge in [0.25, 0.3) is 0 Å². The highest BCUT2D eigenvalue weighted by atomic mass is 35.5. The molecule has 0 N–H and O–H groups in total. The third-order valence-electron chi connectivity index (χ3n) is 1.59. The molecule has 0 amide bonds. The van der Waals surface area contributed by atoms with Gasteiger partial charge in [0.1, 0.15) is 5.82 Å². The van der Waals surface area contributed by atoms with Crippen LogP contribution in [-0.2, 0) is 0 Å². The SMILES string of the molecule is Fc1cc(-n2cccn2)[c]cc1Cl. The van der Waals surface area contributed by atoms with Crippen LogP contribution in [0.2, 0.25) is 5.02 Å². The van der Waals surface area contributed by atoms with Crippen molar-refractivity contribution in [2.45, 2.75) is 0 Å². The van der Waals surface area contributed by atoms with Gasteiger partial charge in [-0.25, -0.2) is 9.07 Å². The fraction of sp³-hybridized carbons (Fsp3) is 0. The fourth-order valence-corrected chi connectivity index (χ4v) is 1.09. The maximum atomic E-state index is 13.0. The molecule has 2 aromatic rings. The summed E-state index contributed by atoms with van der Waals surface area (Å²) in [7, 11) is 0. The van der Waals surface area contributed by atoms with Gasteiger partial charge in [-0.15, -0.1) is 0 Å². The van der Waals surface area contributed by atoms with Crippen molar-refractivity contribution in [3.63, 3.8) is 0 Å². The summed E-state index contributed by atoms with van der Waals surface area (Å²) in [5.74, 6) is -0.467. The zero-order valence-corrected chi connectivity index (χ0v) is 7.29. The van der Waals surface area contributed by atoms with E-state index in [1.807, 2.05) is 0 Å². The van der Waals surface area contributed by atoms with Gasteiger partial charge in [0.15, 0.2) is 0 Å². The third-order valence-corrected chi connectivity index (χ3v) is 1.88. The van der Waals surface area contributed by atoms with E-state index in [2.05, 4.69) is 11.2 Å². The summed E-state index contributed by atoms with van der Waals surface area (Å²) in [4.78, 5) is 0. The molecule has 0 aliphatic carbocycles. The molecule has 1 aromatic heterocycles. The molecular weight excluding hydrogens is 191 g/mol. The van der Waals surface area contributed by atoms with Crippen LogP contribution in [0.25, 0.3) is 5.69 Å². The Kier molecular flexibility index (Phi) is 2.02. The van der Waals surface area contributed by atoms with Crippen molar-refractivity contribution < 1.29 is 4.39 Å². The first-order valence-corrected chi connectivity index (χ1v) is 4.02. The largest absolute Gasteiger partial charge is 0.240 e. The topological polar surface area (TPSA) is 17.8 Å². The van der Waals surface area contributed by atoms with E-state index in [4.69, 9.17) is 11.6 Å². The second-order valence-electron chi connectivity index (χ2n) is 2.46. The molecule has 0 saturated heterocycles. The zero-order valence-electron chi connectivity index (χ0n) is 6.54. The minimum atomic E-state index is -0.467. The van der Waals surface area contributed by atoms with Gasteiger partial charge in [0.2, 0.25) is 0 Å². The number of aromatic nitrogens is 2. The normalized spacial score (nSPS) is 10.3. The van der Waals surface area contributed by atoms with Crippen LogP contribution in [0, 0.1) is 11.9 Å². The predicted molar refractivity (Wildman–Crippen MR) is 47.4 cm³/mol. The molecule has 0 bridgehead atoms. The molecule has 0 fully saturated rings. The first-order valence-electron chi connectivity index (χ1n) is 3.64. The zero-order chi connectivity index (χ0) is 9.26. The van der Waals surface area contributed by atoms with E-state index < -0.39 is 5.82 Å². The Balaban J connectivity index is 2.49. The number of halogens is 2. The average Bonchev–Trinajstić information content (AvgIpc) is 2.62. The first-order chi connectivity index (χ1) is 6.27. The Labute approximate surface area is 79.6 Å². The second kappa shape index (κ2) is 3.18. The van der Waals surface area contributed by atoms with Crippen LogP contribution < -0.4 is 0 Å². The number of hydrogen-bond acceptors (Lipinski definition) is 1. The highest BCUT2D eigenvalue weighted by molar-refractivity contribution is 6.30. The van der Waals surface area contributed by atoms with Crippen molar-refractivity contribution >= 4 is 11.6 Å². The van der Waals surface area contributed by atoms with E-state index in [1.54, 1.807) is 18.5 Å². The Morgan fingerprint density at radius 3 is 3.00 bits per heavy atom. The van der Waals surface area contributed by atoms with E-state index in [0.29, 0.717) is 5.69 Å². The Morgan fingerprint density at radius 2 is 2.38 bits per heavy atom. The fourth-order valence-electron chi connectivity index (χ4n) is 0.980. The van der Waals surface area contributed by atoms with Gasteiger partial charge in [-0.1, -0.05) is 11.6 Å². The summed E-state index contributed by atoms with van der Waals surface area (Å²) in [5, 5.41) is 4.00. The Morgan fingerprint density at radius 1 is 1.54 bits per heavy atom. The molecule has 2 rings (SSSR count). The standard InChI is InChI=1S/C9H5ClFN2/c10-8-3-2-7(6-9(8)11)13-5-1-4-12-13/h1,3-6H. The number of rotatable bonds is 1. The van der Waals surface area contributed by atoms with Crippen LogP contribution in [-0.4, -0.2) is 9.78 Å². The molecule has 1 aromatic carbocycles. The summed E-state index contributed by atoms with van der Waals surface area (Å²) < 4.78 is 14.5. The molecule has 1 heterocycles. The van der Waals surface area contributed by atoms with Crippen molar-refractivity contribution in [3.05, 3.63) is 47.5 Å². The van der Waals surface area contributed by atoms with E-state index >= 15 is 0 Å². The summed E-state index contributed by atoms with van der Waals surface area (Å²) >= 11 is 5.51. The van der Waals surface area contributed by atoms with Crippen LogP contribution in [0.4, 0.5) is 4.39 Å². The average molecular weight is 196 g/mol. The van der Waals surface area contributed by atoms with Crippen LogP contribution in [0.15, 0.2) is 30.6 Å². The van der Waals surface area contributed by atoms with Gasteiger partial charge in [-0.3, -0.25) is 0 Å². The van der Waals surface area contributed by atoms with Crippen molar-refractivity contribution in [1.29, 1.82) is 0 Å². The predicted octanol–water partition coefficient (Wildman–Crippen LogP) is 2.46. The van der Waals surface area contributed by atoms with Crippen LogP contribution in [0.3, 0.4) is 0 Å². The van der Waals surface area contributed by atoms with Gasteiger partial charge < -0.3 is 0 Å². The summed E-state index contributed by atoms with van der Waals surface area (Å²) in [6.45, 7) is 0. The summed E-state index contributed by atoms with van der Waals surface area (Å²) in [5.41, 5.74) is 0.534. The van der Waals surface area contributed by atoms with Crippen LogP contribution >= 0.6 is 11.6 Å². The molecule has 0 spiro atoms. The third kappa shape index (κ3) is 1.55. The molecule has 65 valence electrons. The van der Waals surface area contributed by atoms with Gasteiger partial charge in [-0.2, -0.15) is 5.10 Å². The lowest BCUT2D eigenvalue weighted by molar-refractivity contribution is 0.625. The molecule has 13 heavy (non-hydrogen) atoms. The van der Waals surface area contributed by atoms with Gasteiger partial charge in [-0.05, 0) is 12.1 Å². The summed E-state index contributed by atoms with van der Waals surface area (Å²) in [6, 6.07) is 7.23. The molecule has 0 unspecified atom stereocenters. The monoisotopic (exact) mass is 195 g/mol. The molecule has 2 nitrogen and oxygen atoms in total. The summed E-state index contributed by atoms with van der Waals surface area (Å²) in [6.07, 6.45) is 3.32. The van der Waals surface area contributed by atoms with Gasteiger partial charge >= 0.3 is 0 Å². The number of hydrogen-bond donors (Lipinski definition) is 0. The van der Waals surface area contributed by atoms with Crippen molar-refractivity contribution in [3.8, 4) is 5.69 Å². The maximum Gasteiger partial charge on any atom is 0.143 e. The lowest BCUT2D eigenvalue weighted by atomic mass is 10.3. The Hall–Kier alpha value is -1.35. The van der Waals surface area contributed by atoms with Gasteiger partial charge in [0, 0.05) is 24.5 Å². The molecular formula is C9H5ClFN2. The minimum absolute atomic E-state index is 0.0657. The number of benzene rings is 1. The molecule has 0 aliphatic rings. The molecule has 1 radical (unpaired) electrons. The quantitative estimate of drug-likeness (QED) is 0.684. The molecule has 4 heteroatoms. The highest BCUT2D eigenvalue weighted by Crippen LogP contribution is 2.16. The molecule has 0 aliphatic heterocycles. The number of nitrogens with zero attached hydrogens (tertiary/aromatic N) is 2. The van der Waals surface area contributed by atoms with Crippen molar-refractivity contribution in [2.75, 3.05) is 0 Å². The van der Waals surface area contributed by atoms with Crippen LogP contribution in [0.1, 0.15) is 0 Å². The minimum Gasteiger partial charge on any atom is -0.240 e. The van der Waals surface area contributed by atoms with E-state index in [-0.39, 0.29) is 5.02 Å². The van der Waals surface area contributed by atoms with Gasteiger partial charge in [0.05, 0.1) is 10.7 Å². The van der Waals surface area contributed by atoms with E-state index in [9.17, 15) is 4.39 Å².